The number of benzene rings is 2. The van der Waals surface area contributed by atoms with Crippen LogP contribution in [0.5, 0.6) is 5.75 Å². The summed E-state index contributed by atoms with van der Waals surface area (Å²) in [4.78, 5) is 4.48. The molecule has 0 bridgehead atoms. The van der Waals surface area contributed by atoms with Crippen molar-refractivity contribution in [3.63, 3.8) is 0 Å². The molecule has 0 radical (unpaired) electrons. The summed E-state index contributed by atoms with van der Waals surface area (Å²) in [6, 6.07) is 14.6. The lowest BCUT2D eigenvalue weighted by Gasteiger charge is -2.18. The van der Waals surface area contributed by atoms with E-state index < -0.39 is 0 Å². The Morgan fingerprint density at radius 3 is 2.49 bits per heavy atom. The van der Waals surface area contributed by atoms with Gasteiger partial charge in [0.2, 0.25) is 0 Å². The van der Waals surface area contributed by atoms with Crippen molar-refractivity contribution in [2.45, 2.75) is 58.1 Å². The van der Waals surface area contributed by atoms with Gasteiger partial charge in [0.1, 0.15) is 17.7 Å². The third kappa shape index (κ3) is 7.34. The van der Waals surface area contributed by atoms with Crippen molar-refractivity contribution in [2.24, 2.45) is 16.6 Å². The van der Waals surface area contributed by atoms with Crippen LogP contribution in [0.3, 0.4) is 0 Å². The Labute approximate surface area is 208 Å². The highest BCUT2D eigenvalue weighted by Gasteiger charge is 2.25. The summed E-state index contributed by atoms with van der Waals surface area (Å²) in [5, 5.41) is 4.13. The predicted octanol–water partition coefficient (Wildman–Crippen LogP) is 5.83. The first-order valence-electron chi connectivity index (χ1n) is 12.1. The van der Waals surface area contributed by atoms with Gasteiger partial charge in [-0.15, -0.1) is 0 Å². The van der Waals surface area contributed by atoms with E-state index in [1.165, 1.54) is 13.1 Å². The zero-order chi connectivity index (χ0) is 25.8. The third-order valence-electron chi connectivity index (χ3n) is 5.76. The Morgan fingerprint density at radius 1 is 1.17 bits per heavy atom. The Morgan fingerprint density at radius 2 is 1.89 bits per heavy atom. The molecule has 3 aromatic rings. The molecule has 0 spiro atoms. The van der Waals surface area contributed by atoms with Gasteiger partial charge in [0.25, 0.3) is 0 Å². The number of hydrogen-bond acceptors (Lipinski definition) is 5. The van der Waals surface area contributed by atoms with Crippen molar-refractivity contribution in [1.29, 1.82) is 0 Å². The van der Waals surface area contributed by atoms with Gasteiger partial charge in [-0.05, 0) is 80.3 Å². The molecule has 3 unspecified atom stereocenters. The number of hydrogen-bond donors (Lipinski definition) is 2. The molecule has 1 heterocycles. The predicted molar refractivity (Wildman–Crippen MR) is 144 cm³/mol. The van der Waals surface area contributed by atoms with Gasteiger partial charge in [-0.2, -0.15) is 5.10 Å². The van der Waals surface area contributed by atoms with Crippen LogP contribution in [0.25, 0.3) is 17.3 Å². The molecule has 0 amide bonds. The zero-order valence-corrected chi connectivity index (χ0v) is 21.2. The van der Waals surface area contributed by atoms with E-state index >= 15 is 0 Å². The van der Waals surface area contributed by atoms with Crippen molar-refractivity contribution in [3.8, 4) is 17.0 Å². The normalized spacial score (nSPS) is 17.7. The molecule has 0 saturated heterocycles. The summed E-state index contributed by atoms with van der Waals surface area (Å²) in [7, 11) is 1.50. The molecule has 35 heavy (non-hydrogen) atoms. The van der Waals surface area contributed by atoms with Gasteiger partial charge in [0, 0.05) is 18.3 Å². The molecule has 0 aliphatic heterocycles. The maximum atomic E-state index is 13.5. The van der Waals surface area contributed by atoms with E-state index in [0.29, 0.717) is 5.82 Å². The van der Waals surface area contributed by atoms with Crippen LogP contribution in [0.15, 0.2) is 65.9 Å². The molecule has 7 heteroatoms. The van der Waals surface area contributed by atoms with Gasteiger partial charge < -0.3 is 16.2 Å². The molecule has 3 atom stereocenters. The van der Waals surface area contributed by atoms with Crippen LogP contribution in [-0.4, -0.2) is 35.6 Å². The Hall–Kier alpha value is -3.29. The molecule has 1 aliphatic carbocycles. The Bertz CT molecular complexity index is 1080. The number of ether oxygens (including phenoxy) is 1. The van der Waals surface area contributed by atoms with Crippen LogP contribution in [0.2, 0.25) is 0 Å². The maximum Gasteiger partial charge on any atom is 0.153 e. The van der Waals surface area contributed by atoms with Crippen molar-refractivity contribution >= 4 is 12.8 Å². The minimum absolute atomic E-state index is 0.0347. The molecule has 188 valence electrons. The first kappa shape index (κ1) is 28.0. The highest BCUT2D eigenvalue weighted by molar-refractivity contribution is 5.63. The van der Waals surface area contributed by atoms with Crippen LogP contribution in [0.4, 0.5) is 4.39 Å². The summed E-state index contributed by atoms with van der Waals surface area (Å²) in [6.07, 6.45) is 8.84. The summed E-state index contributed by atoms with van der Waals surface area (Å²) in [5.74, 6) is 1.27. The van der Waals surface area contributed by atoms with Crippen molar-refractivity contribution in [1.82, 2.24) is 9.66 Å². The van der Waals surface area contributed by atoms with Crippen molar-refractivity contribution in [2.75, 3.05) is 7.05 Å². The van der Waals surface area contributed by atoms with Gasteiger partial charge in [-0.3, -0.25) is 0 Å². The van der Waals surface area contributed by atoms with Crippen molar-refractivity contribution < 1.29 is 9.13 Å². The van der Waals surface area contributed by atoms with Crippen LogP contribution in [0.1, 0.15) is 57.3 Å². The number of halogens is 1. The van der Waals surface area contributed by atoms with Gasteiger partial charge in [0.15, 0.2) is 5.82 Å². The molecule has 1 saturated carbocycles. The molecular weight excluding hydrogens is 441 g/mol. The molecule has 4 N–H and O–H groups in total. The lowest BCUT2D eigenvalue weighted by Crippen LogP contribution is -2.33. The van der Waals surface area contributed by atoms with Crippen LogP contribution in [-0.2, 0) is 0 Å². The minimum Gasteiger partial charge on any atom is -0.489 e. The highest BCUT2D eigenvalue weighted by atomic mass is 19.1. The quantitative estimate of drug-likeness (QED) is 0.417. The standard InChI is InChI=1S/C25H27FN4O.C2H6.CH5N/c1-17(19-5-3-6-20(26)15-19)9-14-25-29-16-23(30(25)28-2)18-10-12-21(13-11-18)31-24-8-4-7-22(24)27;2*1-2/h3,5-6,9-17,22,24H,2,4,7-8,27H2,1H3;1-2H3;2H2,1H3/b14-9-;;. The first-order chi connectivity index (χ1) is 17.0. The number of aromatic nitrogens is 2. The Balaban J connectivity index is 0.00000103. The summed E-state index contributed by atoms with van der Waals surface area (Å²) >= 11 is 0. The van der Waals surface area contributed by atoms with E-state index in [2.05, 4.69) is 22.5 Å². The third-order valence-corrected chi connectivity index (χ3v) is 5.76. The average Bonchev–Trinajstić information content (AvgIpc) is 3.51. The van der Waals surface area contributed by atoms with E-state index in [1.54, 1.807) is 23.0 Å². The SMILES string of the molecule is C=Nn1c(-c2ccc(OC3CCCC3N)cc2)cnc1/C=C\C(C)c1cccc(F)c1.CC.CN. The van der Waals surface area contributed by atoms with Gasteiger partial charge >= 0.3 is 0 Å². The fourth-order valence-electron chi connectivity index (χ4n) is 3.93. The van der Waals surface area contributed by atoms with E-state index in [4.69, 9.17) is 10.5 Å². The molecular formula is C28H38FN5O. The van der Waals surface area contributed by atoms with Gasteiger partial charge in [0.05, 0.1) is 11.9 Å². The van der Waals surface area contributed by atoms with E-state index in [-0.39, 0.29) is 23.9 Å². The smallest absolute Gasteiger partial charge is 0.153 e. The summed E-state index contributed by atoms with van der Waals surface area (Å²) < 4.78 is 21.2. The first-order valence-corrected chi connectivity index (χ1v) is 12.1. The number of rotatable bonds is 7. The number of nitrogens with zero attached hydrogens (tertiary/aromatic N) is 3. The molecule has 6 nitrogen and oxygen atoms in total. The largest absolute Gasteiger partial charge is 0.489 e. The molecule has 1 aliphatic rings. The number of nitrogens with two attached hydrogens (primary N) is 2. The monoisotopic (exact) mass is 479 g/mol. The molecule has 1 aromatic heterocycles. The molecule has 1 fully saturated rings. The van der Waals surface area contributed by atoms with Crippen LogP contribution < -0.4 is 16.2 Å². The lowest BCUT2D eigenvalue weighted by atomic mass is 10.0. The fourth-order valence-corrected chi connectivity index (χ4v) is 3.93. The maximum absolute atomic E-state index is 13.5. The van der Waals surface area contributed by atoms with Crippen LogP contribution >= 0.6 is 0 Å². The lowest BCUT2D eigenvalue weighted by molar-refractivity contribution is 0.191. The molecule has 2 aromatic carbocycles. The minimum atomic E-state index is -0.239. The Kier molecular flexibility index (Phi) is 11.3. The molecule has 4 rings (SSSR count). The topological polar surface area (TPSA) is 91.5 Å². The second kappa shape index (κ2) is 14.2. The van der Waals surface area contributed by atoms with Gasteiger partial charge in [-0.1, -0.05) is 39.0 Å². The fraction of sp³-hybridized carbons (Fsp3) is 0.357. The van der Waals surface area contributed by atoms with Crippen molar-refractivity contribution in [3.05, 3.63) is 78.0 Å². The second-order valence-corrected chi connectivity index (χ2v) is 7.93. The highest BCUT2D eigenvalue weighted by Crippen LogP contribution is 2.28. The number of allylic oxidation sites excluding steroid dienone is 1. The second-order valence-electron chi connectivity index (χ2n) is 7.93. The van der Waals surface area contributed by atoms with E-state index in [1.807, 2.05) is 63.3 Å². The zero-order valence-electron chi connectivity index (χ0n) is 21.2. The van der Waals surface area contributed by atoms with Gasteiger partial charge in [-0.25, -0.2) is 14.1 Å². The van der Waals surface area contributed by atoms with E-state index in [9.17, 15) is 4.39 Å². The van der Waals surface area contributed by atoms with E-state index in [0.717, 1.165) is 41.8 Å². The summed E-state index contributed by atoms with van der Waals surface area (Å²) in [6.45, 7) is 9.70. The average molecular weight is 480 g/mol. The number of imidazole rings is 1. The van der Waals surface area contributed by atoms with Crippen LogP contribution in [0, 0.1) is 5.82 Å². The summed E-state index contributed by atoms with van der Waals surface area (Å²) in [5.41, 5.74) is 13.3.